The summed E-state index contributed by atoms with van der Waals surface area (Å²) in [6.45, 7) is 5.93. The van der Waals surface area contributed by atoms with Gasteiger partial charge in [0.25, 0.3) is 0 Å². The molecule has 1 aliphatic heterocycles. The van der Waals surface area contributed by atoms with Crippen LogP contribution in [0.25, 0.3) is 0 Å². The van der Waals surface area contributed by atoms with Gasteiger partial charge in [0, 0.05) is 17.6 Å². The summed E-state index contributed by atoms with van der Waals surface area (Å²) in [5, 5.41) is 0. The van der Waals surface area contributed by atoms with Crippen LogP contribution in [0.15, 0.2) is 28.7 Å². The molecule has 0 spiro atoms. The predicted octanol–water partition coefficient (Wildman–Crippen LogP) is 3.29. The van der Waals surface area contributed by atoms with Crippen molar-refractivity contribution in [2.45, 2.75) is 19.9 Å². The highest BCUT2D eigenvalue weighted by Crippen LogP contribution is 2.22. The van der Waals surface area contributed by atoms with Crippen molar-refractivity contribution < 1.29 is 0 Å². The topological polar surface area (TPSA) is 3.24 Å². The fourth-order valence-corrected chi connectivity index (χ4v) is 2.45. The van der Waals surface area contributed by atoms with Gasteiger partial charge in [-0.25, -0.2) is 0 Å². The van der Waals surface area contributed by atoms with E-state index >= 15 is 0 Å². The SMILES string of the molecule is CC1CCN(Cc2ccccc2Br)C1. The summed E-state index contributed by atoms with van der Waals surface area (Å²) in [6.07, 6.45) is 1.35. The number of rotatable bonds is 2. The molecule has 1 nitrogen and oxygen atoms in total. The van der Waals surface area contributed by atoms with Crippen molar-refractivity contribution in [3.63, 3.8) is 0 Å². The van der Waals surface area contributed by atoms with Crippen molar-refractivity contribution in [3.05, 3.63) is 34.3 Å². The van der Waals surface area contributed by atoms with Gasteiger partial charge in [-0.15, -0.1) is 0 Å². The van der Waals surface area contributed by atoms with E-state index in [1.807, 2.05) is 0 Å². The fraction of sp³-hybridized carbons (Fsp3) is 0.500. The Morgan fingerprint density at radius 1 is 1.43 bits per heavy atom. The number of halogens is 1. The van der Waals surface area contributed by atoms with E-state index in [9.17, 15) is 0 Å². The minimum Gasteiger partial charge on any atom is -0.299 e. The zero-order valence-corrected chi connectivity index (χ0v) is 10.1. The molecule has 1 aliphatic rings. The average molecular weight is 254 g/mol. The lowest BCUT2D eigenvalue weighted by molar-refractivity contribution is 0.320. The number of hydrogen-bond acceptors (Lipinski definition) is 1. The van der Waals surface area contributed by atoms with Gasteiger partial charge in [-0.1, -0.05) is 41.1 Å². The van der Waals surface area contributed by atoms with Gasteiger partial charge in [-0.2, -0.15) is 0 Å². The highest BCUT2D eigenvalue weighted by Gasteiger charge is 2.18. The van der Waals surface area contributed by atoms with E-state index in [0.29, 0.717) is 0 Å². The number of hydrogen-bond donors (Lipinski definition) is 0. The predicted molar refractivity (Wildman–Crippen MR) is 63.2 cm³/mol. The lowest BCUT2D eigenvalue weighted by atomic mass is 10.2. The summed E-state index contributed by atoms with van der Waals surface area (Å²) < 4.78 is 1.24. The smallest absolute Gasteiger partial charge is 0.0245 e. The van der Waals surface area contributed by atoms with Crippen molar-refractivity contribution in [1.82, 2.24) is 4.90 Å². The van der Waals surface area contributed by atoms with Crippen LogP contribution in [0.2, 0.25) is 0 Å². The van der Waals surface area contributed by atoms with E-state index in [1.54, 1.807) is 0 Å². The summed E-state index contributed by atoms with van der Waals surface area (Å²) in [4.78, 5) is 2.53. The van der Waals surface area contributed by atoms with Crippen LogP contribution in [0, 0.1) is 5.92 Å². The van der Waals surface area contributed by atoms with E-state index < -0.39 is 0 Å². The van der Waals surface area contributed by atoms with Gasteiger partial charge >= 0.3 is 0 Å². The molecular formula is C12H16BrN. The molecule has 1 unspecified atom stereocenters. The molecule has 0 saturated carbocycles. The zero-order chi connectivity index (χ0) is 9.97. The first-order valence-corrected chi connectivity index (χ1v) is 6.01. The van der Waals surface area contributed by atoms with E-state index in [4.69, 9.17) is 0 Å². The van der Waals surface area contributed by atoms with Crippen LogP contribution in [-0.2, 0) is 6.54 Å². The Morgan fingerprint density at radius 3 is 2.86 bits per heavy atom. The van der Waals surface area contributed by atoms with Crippen LogP contribution in [-0.4, -0.2) is 18.0 Å². The van der Waals surface area contributed by atoms with Crippen LogP contribution in [0.5, 0.6) is 0 Å². The largest absolute Gasteiger partial charge is 0.299 e. The van der Waals surface area contributed by atoms with Gasteiger partial charge in [0.15, 0.2) is 0 Å². The molecular weight excluding hydrogens is 238 g/mol. The van der Waals surface area contributed by atoms with E-state index in [2.05, 4.69) is 52.0 Å². The van der Waals surface area contributed by atoms with Crippen LogP contribution >= 0.6 is 15.9 Å². The third kappa shape index (κ3) is 2.37. The molecule has 14 heavy (non-hydrogen) atoms. The number of likely N-dealkylation sites (tertiary alicyclic amines) is 1. The normalized spacial score (nSPS) is 22.9. The lowest BCUT2D eigenvalue weighted by Gasteiger charge is -2.16. The average Bonchev–Trinajstić information content (AvgIpc) is 2.56. The highest BCUT2D eigenvalue weighted by molar-refractivity contribution is 9.10. The lowest BCUT2D eigenvalue weighted by Crippen LogP contribution is -2.19. The summed E-state index contributed by atoms with van der Waals surface area (Å²) in [5.41, 5.74) is 1.40. The van der Waals surface area contributed by atoms with E-state index in [1.165, 1.54) is 29.5 Å². The van der Waals surface area contributed by atoms with Crippen LogP contribution in [0.4, 0.5) is 0 Å². The second kappa shape index (κ2) is 4.45. The fourth-order valence-electron chi connectivity index (χ4n) is 2.04. The molecule has 0 aromatic heterocycles. The maximum Gasteiger partial charge on any atom is 0.0245 e. The van der Waals surface area contributed by atoms with Gasteiger partial charge in [0.1, 0.15) is 0 Å². The van der Waals surface area contributed by atoms with E-state index in [-0.39, 0.29) is 0 Å². The Morgan fingerprint density at radius 2 is 2.21 bits per heavy atom. The minimum absolute atomic E-state index is 0.873. The van der Waals surface area contributed by atoms with Crippen molar-refractivity contribution in [2.24, 2.45) is 5.92 Å². The third-order valence-corrected chi connectivity index (χ3v) is 3.63. The van der Waals surface area contributed by atoms with Crippen molar-refractivity contribution >= 4 is 15.9 Å². The first kappa shape index (κ1) is 10.2. The number of benzene rings is 1. The van der Waals surface area contributed by atoms with Crippen LogP contribution in [0.3, 0.4) is 0 Å². The molecule has 1 atom stereocenters. The second-order valence-corrected chi connectivity index (χ2v) is 5.07. The zero-order valence-electron chi connectivity index (χ0n) is 8.54. The Kier molecular flexibility index (Phi) is 3.24. The molecule has 0 N–H and O–H groups in total. The Bertz CT molecular complexity index is 311. The molecule has 0 radical (unpaired) electrons. The van der Waals surface area contributed by atoms with Crippen LogP contribution in [0.1, 0.15) is 18.9 Å². The summed E-state index contributed by atoms with van der Waals surface area (Å²) in [5.74, 6) is 0.873. The molecule has 0 aliphatic carbocycles. The standard InChI is InChI=1S/C12H16BrN/c1-10-6-7-14(8-10)9-11-4-2-3-5-12(11)13/h2-5,10H,6-9H2,1H3. The molecule has 1 aromatic rings. The number of nitrogens with zero attached hydrogens (tertiary/aromatic N) is 1. The van der Waals surface area contributed by atoms with Crippen molar-refractivity contribution in [1.29, 1.82) is 0 Å². The molecule has 1 saturated heterocycles. The molecule has 0 bridgehead atoms. The maximum atomic E-state index is 3.59. The molecule has 1 fully saturated rings. The molecule has 0 amide bonds. The second-order valence-electron chi connectivity index (χ2n) is 4.22. The highest BCUT2D eigenvalue weighted by atomic mass is 79.9. The molecule has 2 heteroatoms. The maximum absolute atomic E-state index is 3.59. The van der Waals surface area contributed by atoms with Crippen molar-refractivity contribution in [3.8, 4) is 0 Å². The first-order valence-electron chi connectivity index (χ1n) is 5.21. The summed E-state index contributed by atoms with van der Waals surface area (Å²) in [7, 11) is 0. The monoisotopic (exact) mass is 253 g/mol. The van der Waals surface area contributed by atoms with E-state index in [0.717, 1.165) is 12.5 Å². The van der Waals surface area contributed by atoms with Gasteiger partial charge in [-0.3, -0.25) is 4.90 Å². The first-order chi connectivity index (χ1) is 6.75. The quantitative estimate of drug-likeness (QED) is 0.782. The Balaban J connectivity index is 2.01. The Labute approximate surface area is 94.2 Å². The van der Waals surface area contributed by atoms with Gasteiger partial charge < -0.3 is 0 Å². The minimum atomic E-state index is 0.873. The third-order valence-electron chi connectivity index (χ3n) is 2.86. The van der Waals surface area contributed by atoms with Gasteiger partial charge in [-0.05, 0) is 30.5 Å². The van der Waals surface area contributed by atoms with Crippen LogP contribution < -0.4 is 0 Å². The van der Waals surface area contributed by atoms with Gasteiger partial charge in [0.2, 0.25) is 0 Å². The van der Waals surface area contributed by atoms with Gasteiger partial charge in [0.05, 0.1) is 0 Å². The summed E-state index contributed by atoms with van der Waals surface area (Å²) in [6, 6.07) is 8.50. The van der Waals surface area contributed by atoms with Crippen molar-refractivity contribution in [2.75, 3.05) is 13.1 Å². The molecule has 76 valence electrons. The molecule has 1 aromatic carbocycles. The Hall–Kier alpha value is -0.340. The molecule has 1 heterocycles. The molecule has 2 rings (SSSR count). The summed E-state index contributed by atoms with van der Waals surface area (Å²) >= 11 is 3.59.